The number of nitrogens with zero attached hydrogens (tertiary/aromatic N) is 2. The zero-order valence-corrected chi connectivity index (χ0v) is 23.7. The highest BCUT2D eigenvalue weighted by Crippen LogP contribution is 2.29. The Balaban J connectivity index is 0.000000247. The number of hydrogen-bond donors (Lipinski definition) is 1. The summed E-state index contributed by atoms with van der Waals surface area (Å²) in [6.45, 7) is 10.2. The average Bonchev–Trinajstić information content (AvgIpc) is 3.82. The Kier molecular flexibility index (Phi) is 13.8. The number of nitrogens with one attached hydrogen (secondary N) is 1. The number of halogens is 3. The van der Waals surface area contributed by atoms with Gasteiger partial charge in [0.1, 0.15) is 0 Å². The number of hydrogen-bond acceptors (Lipinski definition) is 3. The molecular weight excluding hydrogens is 499 g/mol. The molecule has 0 saturated heterocycles. The number of aliphatic imine (C=N–C) groups is 1. The quantitative estimate of drug-likeness (QED) is 0.339. The topological polar surface area (TPSA) is 44.7 Å². The smallest absolute Gasteiger partial charge is 0.383 e. The third-order valence-electron chi connectivity index (χ3n) is 6.77. The van der Waals surface area contributed by atoms with Gasteiger partial charge in [0.25, 0.3) is 0 Å². The summed E-state index contributed by atoms with van der Waals surface area (Å²) in [5, 5.41) is 3.12. The highest BCUT2D eigenvalue weighted by atomic mass is 19.4. The van der Waals surface area contributed by atoms with Gasteiger partial charge in [0.2, 0.25) is 5.91 Å². The molecule has 39 heavy (non-hydrogen) atoms. The summed E-state index contributed by atoms with van der Waals surface area (Å²) in [6, 6.07) is 15.8. The normalized spacial score (nSPS) is 15.4. The molecule has 7 heteroatoms. The van der Waals surface area contributed by atoms with E-state index < -0.39 is 11.7 Å². The van der Waals surface area contributed by atoms with Crippen molar-refractivity contribution in [2.45, 2.75) is 104 Å². The SMILES string of the molecule is C1CC1.C=N/C(CC)=C(/C)NCc1ccc(C(F)(F)F)cc1.CC(=O)N(Cc1ccccc1)C1CCCCC1. The predicted molar refractivity (Wildman–Crippen MR) is 154 cm³/mol. The molecule has 2 saturated carbocycles. The first-order chi connectivity index (χ1) is 18.7. The molecule has 2 fully saturated rings. The second-order valence-electron chi connectivity index (χ2n) is 10.1. The molecule has 0 unspecified atom stereocenters. The van der Waals surface area contributed by atoms with Crippen molar-refractivity contribution in [2.24, 2.45) is 4.99 Å². The van der Waals surface area contributed by atoms with Gasteiger partial charge in [0.15, 0.2) is 0 Å². The molecule has 0 radical (unpaired) electrons. The summed E-state index contributed by atoms with van der Waals surface area (Å²) in [7, 11) is 0. The van der Waals surface area contributed by atoms with E-state index in [0.717, 1.165) is 42.1 Å². The van der Waals surface area contributed by atoms with Gasteiger partial charge in [-0.15, -0.1) is 0 Å². The van der Waals surface area contributed by atoms with Gasteiger partial charge in [-0.3, -0.25) is 9.79 Å². The first-order valence-electron chi connectivity index (χ1n) is 14.0. The number of alkyl halides is 3. The monoisotopic (exact) mass is 543 g/mol. The molecule has 1 N–H and O–H groups in total. The molecular formula is C32H44F3N3O. The molecule has 0 bridgehead atoms. The minimum absolute atomic E-state index is 0.209. The van der Waals surface area contributed by atoms with Gasteiger partial charge in [-0.1, -0.05) is 87.9 Å². The van der Waals surface area contributed by atoms with Gasteiger partial charge in [-0.25, -0.2) is 0 Å². The van der Waals surface area contributed by atoms with Crippen molar-refractivity contribution in [2.75, 3.05) is 0 Å². The molecule has 4 nitrogen and oxygen atoms in total. The Labute approximate surface area is 232 Å². The van der Waals surface area contributed by atoms with Crippen LogP contribution in [0.3, 0.4) is 0 Å². The summed E-state index contributed by atoms with van der Waals surface area (Å²) in [5.74, 6) is 0.209. The second kappa shape index (κ2) is 16.8. The van der Waals surface area contributed by atoms with Crippen molar-refractivity contribution in [3.8, 4) is 0 Å². The minimum Gasteiger partial charge on any atom is -0.383 e. The molecule has 2 aliphatic rings. The maximum absolute atomic E-state index is 12.4. The Bertz CT molecular complexity index is 1020. The summed E-state index contributed by atoms with van der Waals surface area (Å²) in [5.41, 5.74) is 3.12. The number of carbonyl (C=O) groups is 1. The number of allylic oxidation sites excluding steroid dienone is 2. The Hall–Kier alpha value is -3.09. The van der Waals surface area contributed by atoms with E-state index in [4.69, 9.17) is 0 Å². The Morgan fingerprint density at radius 1 is 0.923 bits per heavy atom. The van der Waals surface area contributed by atoms with E-state index in [1.54, 1.807) is 6.92 Å². The van der Waals surface area contributed by atoms with E-state index in [9.17, 15) is 18.0 Å². The molecule has 214 valence electrons. The van der Waals surface area contributed by atoms with Crippen molar-refractivity contribution >= 4 is 12.6 Å². The lowest BCUT2D eigenvalue weighted by atomic mass is 9.94. The summed E-state index contributed by atoms with van der Waals surface area (Å²) < 4.78 is 37.2. The molecule has 0 spiro atoms. The highest BCUT2D eigenvalue weighted by molar-refractivity contribution is 5.73. The largest absolute Gasteiger partial charge is 0.416 e. The lowest BCUT2D eigenvalue weighted by Crippen LogP contribution is -2.39. The number of carbonyl (C=O) groups excluding carboxylic acids is 1. The zero-order chi connectivity index (χ0) is 28.7. The van der Waals surface area contributed by atoms with E-state index >= 15 is 0 Å². The van der Waals surface area contributed by atoms with Gasteiger partial charge in [-0.05, 0) is 56.2 Å². The molecule has 1 amide bonds. The number of benzene rings is 2. The molecule has 2 aliphatic carbocycles. The third kappa shape index (κ3) is 12.5. The minimum atomic E-state index is -4.29. The fraction of sp³-hybridized carbons (Fsp3) is 0.500. The van der Waals surface area contributed by atoms with Crippen molar-refractivity contribution in [1.82, 2.24) is 10.2 Å². The van der Waals surface area contributed by atoms with Crippen LogP contribution in [0.4, 0.5) is 13.2 Å². The van der Waals surface area contributed by atoms with Crippen LogP contribution in [0.25, 0.3) is 0 Å². The van der Waals surface area contributed by atoms with Gasteiger partial charge in [0, 0.05) is 31.8 Å². The van der Waals surface area contributed by atoms with Crippen molar-refractivity contribution in [3.63, 3.8) is 0 Å². The highest BCUT2D eigenvalue weighted by Gasteiger charge is 2.29. The van der Waals surface area contributed by atoms with Crippen LogP contribution >= 0.6 is 0 Å². The van der Waals surface area contributed by atoms with Gasteiger partial charge in [0.05, 0.1) is 11.3 Å². The van der Waals surface area contributed by atoms with E-state index in [-0.39, 0.29) is 5.91 Å². The third-order valence-corrected chi connectivity index (χ3v) is 6.77. The maximum Gasteiger partial charge on any atom is 0.416 e. The molecule has 2 aromatic rings. The van der Waals surface area contributed by atoms with Gasteiger partial charge < -0.3 is 10.2 Å². The molecule has 0 heterocycles. The van der Waals surface area contributed by atoms with Gasteiger partial charge >= 0.3 is 6.18 Å². The van der Waals surface area contributed by atoms with Crippen LogP contribution in [-0.2, 0) is 24.1 Å². The predicted octanol–water partition coefficient (Wildman–Crippen LogP) is 8.68. The fourth-order valence-corrected chi connectivity index (χ4v) is 4.31. The molecule has 0 aliphatic heterocycles. The second-order valence-corrected chi connectivity index (χ2v) is 10.1. The van der Waals surface area contributed by atoms with Crippen LogP contribution in [0.2, 0.25) is 0 Å². The maximum atomic E-state index is 12.4. The molecule has 0 aromatic heterocycles. The Morgan fingerprint density at radius 2 is 1.49 bits per heavy atom. The van der Waals surface area contributed by atoms with E-state index in [2.05, 4.69) is 34.1 Å². The van der Waals surface area contributed by atoms with Crippen LogP contribution in [0.15, 0.2) is 71.0 Å². The zero-order valence-electron chi connectivity index (χ0n) is 23.7. The molecule has 0 atom stereocenters. The standard InChI is InChI=1S/C15H21NO.C14H17F3N2.C3H6/c1-13(17)16(15-10-6-3-7-11-15)12-14-8-4-2-5-9-14;1-4-13(18-3)10(2)19-9-11-5-7-12(8-6-11)14(15,16)17;1-2-3-1/h2,4-5,8-9,15H,3,6-7,10-12H2,1H3;5-8,19H,3-4,9H2,1-2H3;1-3H2/b;13-10-;. The lowest BCUT2D eigenvalue weighted by molar-refractivity contribution is -0.137. The van der Waals surface area contributed by atoms with Crippen LogP contribution in [0.1, 0.15) is 95.2 Å². The van der Waals surface area contributed by atoms with Crippen molar-refractivity contribution in [3.05, 3.63) is 82.7 Å². The summed E-state index contributed by atoms with van der Waals surface area (Å²) in [4.78, 5) is 17.7. The Morgan fingerprint density at radius 3 is 1.95 bits per heavy atom. The van der Waals surface area contributed by atoms with Gasteiger partial charge in [-0.2, -0.15) is 13.2 Å². The van der Waals surface area contributed by atoms with E-state index in [1.165, 1.54) is 69.1 Å². The van der Waals surface area contributed by atoms with Crippen molar-refractivity contribution in [1.29, 1.82) is 0 Å². The van der Waals surface area contributed by atoms with E-state index in [0.29, 0.717) is 12.6 Å². The van der Waals surface area contributed by atoms with Crippen molar-refractivity contribution < 1.29 is 18.0 Å². The molecule has 4 rings (SSSR count). The first-order valence-corrected chi connectivity index (χ1v) is 14.0. The van der Waals surface area contributed by atoms with Crippen LogP contribution in [0, 0.1) is 0 Å². The first kappa shape index (κ1) is 32.1. The number of amides is 1. The number of rotatable bonds is 8. The fourth-order valence-electron chi connectivity index (χ4n) is 4.31. The van der Waals surface area contributed by atoms with Crippen LogP contribution in [-0.4, -0.2) is 23.6 Å². The summed E-state index contributed by atoms with van der Waals surface area (Å²) in [6.07, 6.45) is 7.18. The van der Waals surface area contributed by atoms with Crippen LogP contribution in [0.5, 0.6) is 0 Å². The lowest BCUT2D eigenvalue weighted by Gasteiger charge is -2.33. The molecule has 2 aromatic carbocycles. The van der Waals surface area contributed by atoms with E-state index in [1.807, 2.05) is 32.0 Å². The summed E-state index contributed by atoms with van der Waals surface area (Å²) >= 11 is 0. The average molecular weight is 544 g/mol. The van der Waals surface area contributed by atoms with Crippen LogP contribution < -0.4 is 5.32 Å².